The molecule has 0 heterocycles. The zero-order chi connectivity index (χ0) is 12.5. The Morgan fingerprint density at radius 1 is 1.12 bits per heavy atom. The van der Waals surface area contributed by atoms with Gasteiger partial charge in [-0.2, -0.15) is 0 Å². The molecule has 1 unspecified atom stereocenters. The van der Waals surface area contributed by atoms with Crippen LogP contribution in [-0.4, -0.2) is 5.11 Å². The van der Waals surface area contributed by atoms with Crippen LogP contribution in [-0.2, 0) is 12.8 Å². The maximum Gasteiger partial charge on any atom is 0.0795 e. The fourth-order valence-corrected chi connectivity index (χ4v) is 2.66. The quantitative estimate of drug-likeness (QED) is 0.816. The van der Waals surface area contributed by atoms with E-state index in [0.29, 0.717) is 0 Å². The lowest BCUT2D eigenvalue weighted by Gasteiger charge is -2.24. The highest BCUT2D eigenvalue weighted by atomic mass is 16.3. The molecular weight excluding hydrogens is 208 g/mol. The molecule has 1 aliphatic carbocycles. The van der Waals surface area contributed by atoms with Gasteiger partial charge in [-0.15, -0.1) is 0 Å². The van der Waals surface area contributed by atoms with E-state index >= 15 is 0 Å². The Morgan fingerprint density at radius 3 is 2.41 bits per heavy atom. The van der Waals surface area contributed by atoms with Gasteiger partial charge in [-0.3, -0.25) is 0 Å². The minimum absolute atomic E-state index is 0.176. The van der Waals surface area contributed by atoms with E-state index in [1.165, 1.54) is 36.8 Å². The van der Waals surface area contributed by atoms with Gasteiger partial charge in [0.2, 0.25) is 0 Å². The Bertz CT molecular complexity index is 387. The maximum absolute atomic E-state index is 10.3. The van der Waals surface area contributed by atoms with Gasteiger partial charge in [-0.05, 0) is 54.2 Å². The van der Waals surface area contributed by atoms with Crippen molar-refractivity contribution in [3.63, 3.8) is 0 Å². The summed E-state index contributed by atoms with van der Waals surface area (Å²) >= 11 is 0. The Kier molecular flexibility index (Phi) is 3.58. The average Bonchev–Trinajstić information content (AvgIpc) is 2.26. The van der Waals surface area contributed by atoms with Gasteiger partial charge in [0, 0.05) is 0 Å². The number of aliphatic hydroxyl groups is 1. The molecule has 17 heavy (non-hydrogen) atoms. The van der Waals surface area contributed by atoms with E-state index in [1.54, 1.807) is 0 Å². The molecule has 0 amide bonds. The monoisotopic (exact) mass is 232 g/mol. The molecule has 2 rings (SSSR count). The summed E-state index contributed by atoms with van der Waals surface area (Å²) in [5.74, 6) is 0. The number of hydrogen-bond acceptors (Lipinski definition) is 1. The molecule has 0 saturated carbocycles. The van der Waals surface area contributed by atoms with E-state index < -0.39 is 0 Å². The van der Waals surface area contributed by atoms with E-state index in [1.807, 2.05) is 0 Å². The Labute approximate surface area is 105 Å². The van der Waals surface area contributed by atoms with Crippen LogP contribution in [0.5, 0.6) is 0 Å². The van der Waals surface area contributed by atoms with Crippen LogP contribution >= 0.6 is 0 Å². The highest BCUT2D eigenvalue weighted by molar-refractivity contribution is 5.34. The first kappa shape index (κ1) is 12.6. The van der Waals surface area contributed by atoms with Crippen LogP contribution in [0, 0.1) is 5.41 Å². The standard InChI is InChI=1S/C16H24O/c1-16(2,3)11-15(17)14-9-8-12-6-4-5-7-13(12)10-14/h8-10,15,17H,4-7,11H2,1-3H3. The van der Waals surface area contributed by atoms with Crippen LogP contribution < -0.4 is 0 Å². The smallest absolute Gasteiger partial charge is 0.0795 e. The van der Waals surface area contributed by atoms with Crippen LogP contribution in [0.1, 0.15) is 62.8 Å². The third-order valence-electron chi connectivity index (χ3n) is 3.56. The molecule has 1 aromatic rings. The number of aryl methyl sites for hydroxylation is 2. The van der Waals surface area contributed by atoms with Crippen molar-refractivity contribution in [2.45, 2.75) is 59.0 Å². The van der Waals surface area contributed by atoms with Crippen LogP contribution in [0.15, 0.2) is 18.2 Å². The molecule has 0 radical (unpaired) electrons. The summed E-state index contributed by atoms with van der Waals surface area (Å²) in [6.45, 7) is 6.53. The van der Waals surface area contributed by atoms with Crippen molar-refractivity contribution >= 4 is 0 Å². The SMILES string of the molecule is CC(C)(C)CC(O)c1ccc2c(c1)CCCC2. The zero-order valence-corrected chi connectivity index (χ0v) is 11.3. The lowest BCUT2D eigenvalue weighted by atomic mass is 9.84. The van der Waals surface area contributed by atoms with Crippen molar-refractivity contribution < 1.29 is 5.11 Å². The van der Waals surface area contributed by atoms with Crippen LogP contribution in [0.25, 0.3) is 0 Å². The van der Waals surface area contributed by atoms with E-state index in [0.717, 1.165) is 12.0 Å². The fraction of sp³-hybridized carbons (Fsp3) is 0.625. The van der Waals surface area contributed by atoms with Crippen molar-refractivity contribution in [1.29, 1.82) is 0 Å². The summed E-state index contributed by atoms with van der Waals surface area (Å²) in [5, 5.41) is 10.3. The first-order chi connectivity index (χ1) is 7.96. The second-order valence-electron chi connectivity index (χ2n) is 6.52. The van der Waals surface area contributed by atoms with Gasteiger partial charge in [0.1, 0.15) is 0 Å². The van der Waals surface area contributed by atoms with E-state index in [4.69, 9.17) is 0 Å². The predicted octanol–water partition coefficient (Wildman–Crippen LogP) is 4.04. The third-order valence-corrected chi connectivity index (χ3v) is 3.56. The number of aliphatic hydroxyl groups excluding tert-OH is 1. The topological polar surface area (TPSA) is 20.2 Å². The molecule has 1 N–H and O–H groups in total. The molecular formula is C16H24O. The summed E-state index contributed by atoms with van der Waals surface area (Å²) in [6.07, 6.45) is 5.52. The average molecular weight is 232 g/mol. The fourth-order valence-electron chi connectivity index (χ4n) is 2.66. The first-order valence-corrected chi connectivity index (χ1v) is 6.75. The lowest BCUT2D eigenvalue weighted by Crippen LogP contribution is -2.12. The van der Waals surface area contributed by atoms with E-state index in [2.05, 4.69) is 39.0 Å². The summed E-state index contributed by atoms with van der Waals surface area (Å²) < 4.78 is 0. The van der Waals surface area contributed by atoms with Crippen molar-refractivity contribution in [2.75, 3.05) is 0 Å². The van der Waals surface area contributed by atoms with Gasteiger partial charge >= 0.3 is 0 Å². The second-order valence-corrected chi connectivity index (χ2v) is 6.52. The van der Waals surface area contributed by atoms with Crippen molar-refractivity contribution in [1.82, 2.24) is 0 Å². The predicted molar refractivity (Wildman–Crippen MR) is 72.1 cm³/mol. The van der Waals surface area contributed by atoms with Gasteiger partial charge < -0.3 is 5.11 Å². The van der Waals surface area contributed by atoms with E-state index in [9.17, 15) is 5.11 Å². The summed E-state index contributed by atoms with van der Waals surface area (Å²) in [5.41, 5.74) is 4.22. The Hall–Kier alpha value is -0.820. The molecule has 0 aliphatic heterocycles. The molecule has 1 aromatic carbocycles. The van der Waals surface area contributed by atoms with Gasteiger partial charge in [0.05, 0.1) is 6.10 Å². The first-order valence-electron chi connectivity index (χ1n) is 6.75. The second kappa shape index (κ2) is 4.81. The lowest BCUT2D eigenvalue weighted by molar-refractivity contribution is 0.122. The minimum atomic E-state index is -0.317. The number of rotatable bonds is 2. The molecule has 1 heteroatoms. The van der Waals surface area contributed by atoms with E-state index in [-0.39, 0.29) is 11.5 Å². The van der Waals surface area contributed by atoms with Gasteiger partial charge in [-0.1, -0.05) is 39.0 Å². The highest BCUT2D eigenvalue weighted by Crippen LogP contribution is 2.31. The maximum atomic E-state index is 10.3. The van der Waals surface area contributed by atoms with Gasteiger partial charge in [0.15, 0.2) is 0 Å². The van der Waals surface area contributed by atoms with Crippen LogP contribution in [0.2, 0.25) is 0 Å². The number of fused-ring (bicyclic) bond motifs is 1. The van der Waals surface area contributed by atoms with Gasteiger partial charge in [0.25, 0.3) is 0 Å². The summed E-state index contributed by atoms with van der Waals surface area (Å²) in [4.78, 5) is 0. The normalized spacial score (nSPS) is 17.6. The van der Waals surface area contributed by atoms with Crippen molar-refractivity contribution in [2.24, 2.45) is 5.41 Å². The summed E-state index contributed by atoms with van der Waals surface area (Å²) in [7, 11) is 0. The molecule has 0 aromatic heterocycles. The molecule has 94 valence electrons. The highest BCUT2D eigenvalue weighted by Gasteiger charge is 2.19. The number of hydrogen-bond donors (Lipinski definition) is 1. The summed E-state index contributed by atoms with van der Waals surface area (Å²) in [6, 6.07) is 6.56. The molecule has 1 atom stereocenters. The zero-order valence-electron chi connectivity index (χ0n) is 11.3. The molecule has 0 saturated heterocycles. The van der Waals surface area contributed by atoms with Crippen LogP contribution in [0.4, 0.5) is 0 Å². The Morgan fingerprint density at radius 2 is 1.76 bits per heavy atom. The molecule has 1 aliphatic rings. The molecule has 1 nitrogen and oxygen atoms in total. The number of benzene rings is 1. The van der Waals surface area contributed by atoms with Crippen molar-refractivity contribution in [3.05, 3.63) is 34.9 Å². The van der Waals surface area contributed by atoms with Crippen LogP contribution in [0.3, 0.4) is 0 Å². The molecule has 0 fully saturated rings. The third kappa shape index (κ3) is 3.32. The largest absolute Gasteiger partial charge is 0.388 e. The Balaban J connectivity index is 2.16. The molecule has 0 bridgehead atoms. The van der Waals surface area contributed by atoms with Crippen molar-refractivity contribution in [3.8, 4) is 0 Å². The molecule has 0 spiro atoms. The minimum Gasteiger partial charge on any atom is -0.388 e. The van der Waals surface area contributed by atoms with Gasteiger partial charge in [-0.25, -0.2) is 0 Å².